The number of hydrogen-bond acceptors (Lipinski definition) is 1. The molecule has 0 spiro atoms. The van der Waals surface area contributed by atoms with Gasteiger partial charge in [0.1, 0.15) is 0 Å². The first-order valence-corrected chi connectivity index (χ1v) is 0.781. The number of nitrogens with two attached hydrogens (primary N) is 2. The predicted molar refractivity (Wildman–Crippen MR) is 19.5 cm³/mol. The molecule has 0 unspecified atom stereocenters. The van der Waals surface area contributed by atoms with Crippen LogP contribution in [0.3, 0.4) is 0 Å². The molecule has 40 valence electrons. The number of primary amides is 2. The van der Waals surface area contributed by atoms with E-state index >= 15 is 0 Å². The summed E-state index contributed by atoms with van der Waals surface area (Å²) in [7, 11) is 0. The standard InChI is InChI=1S/CH4N2O.Ba.2ClH/c2-1(3)4;;;/h(H4,2,3,4);;2*1H/q;+2;;/p-2. The van der Waals surface area contributed by atoms with Crippen LogP contribution in [-0.2, 0) is 0 Å². The fraction of sp³-hybridized carbons (Fsp3) is 0. The van der Waals surface area contributed by atoms with E-state index < -0.39 is 6.03 Å². The van der Waals surface area contributed by atoms with Gasteiger partial charge in [0.15, 0.2) is 0 Å². The Balaban J connectivity index is -0.0000000150. The second kappa shape index (κ2) is 15.7. The van der Waals surface area contributed by atoms with Crippen molar-refractivity contribution < 1.29 is 29.6 Å². The molecular formula is CH4BaCl2N2O. The predicted octanol–water partition coefficient (Wildman–Crippen LogP) is -7.35. The molecule has 0 aliphatic rings. The Bertz CT molecular complexity index is 38.7. The summed E-state index contributed by atoms with van der Waals surface area (Å²) in [6.45, 7) is 0. The van der Waals surface area contributed by atoms with E-state index in [1.807, 2.05) is 0 Å². The van der Waals surface area contributed by atoms with E-state index in [1.165, 1.54) is 0 Å². The molecule has 0 fully saturated rings. The maximum Gasteiger partial charge on any atom is 2.00 e. The third-order valence-corrected chi connectivity index (χ3v) is 0. The van der Waals surface area contributed by atoms with Crippen LogP contribution in [-0.4, -0.2) is 54.9 Å². The van der Waals surface area contributed by atoms with Gasteiger partial charge in [-0.25, -0.2) is 4.79 Å². The molecule has 0 saturated heterocycles. The summed E-state index contributed by atoms with van der Waals surface area (Å²) in [5.41, 5.74) is 8.50. The van der Waals surface area contributed by atoms with Crippen molar-refractivity contribution in [3.8, 4) is 0 Å². The monoisotopic (exact) mass is 268 g/mol. The molecule has 2 amide bonds. The molecule has 0 radical (unpaired) electrons. The zero-order valence-electron chi connectivity index (χ0n) is 3.53. The summed E-state index contributed by atoms with van der Waals surface area (Å²) in [4.78, 5) is 9.00. The average molecular weight is 268 g/mol. The number of amides is 2. The molecule has 0 rings (SSSR count). The molecule has 0 aliphatic heterocycles. The first-order chi connectivity index (χ1) is 1.73. The van der Waals surface area contributed by atoms with E-state index in [-0.39, 0.29) is 73.7 Å². The molecule has 0 heterocycles. The third-order valence-electron chi connectivity index (χ3n) is 0. The van der Waals surface area contributed by atoms with Crippen LogP contribution < -0.4 is 36.3 Å². The molecule has 0 aromatic rings. The Kier molecular flexibility index (Phi) is 53.1. The van der Waals surface area contributed by atoms with Crippen LogP contribution in [0.4, 0.5) is 4.79 Å². The minimum absolute atomic E-state index is 0. The molecule has 3 nitrogen and oxygen atoms in total. The fourth-order valence-electron chi connectivity index (χ4n) is 0. The first kappa shape index (κ1) is 23.7. The smallest absolute Gasteiger partial charge is 1.00 e. The van der Waals surface area contributed by atoms with Crippen molar-refractivity contribution >= 4 is 54.9 Å². The number of rotatable bonds is 0. The van der Waals surface area contributed by atoms with Gasteiger partial charge in [0, 0.05) is 0 Å². The summed E-state index contributed by atoms with van der Waals surface area (Å²) in [6, 6.07) is -0.833. The number of urea groups is 1. The summed E-state index contributed by atoms with van der Waals surface area (Å²) < 4.78 is 0. The van der Waals surface area contributed by atoms with Gasteiger partial charge in [0.2, 0.25) is 0 Å². The van der Waals surface area contributed by atoms with E-state index in [2.05, 4.69) is 11.5 Å². The molecule has 7 heavy (non-hydrogen) atoms. The SMILES string of the molecule is NC(N)=O.[Ba+2].[Cl-].[Cl-]. The minimum Gasteiger partial charge on any atom is -1.00 e. The number of carbonyl (C=O) groups excluding carboxylic acids is 1. The van der Waals surface area contributed by atoms with Gasteiger partial charge in [0.05, 0.1) is 0 Å². The Hall–Kier alpha value is 1.42. The van der Waals surface area contributed by atoms with Crippen molar-refractivity contribution in [2.45, 2.75) is 0 Å². The van der Waals surface area contributed by atoms with Gasteiger partial charge in [-0.2, -0.15) is 0 Å². The van der Waals surface area contributed by atoms with Gasteiger partial charge >= 0.3 is 54.9 Å². The van der Waals surface area contributed by atoms with Crippen molar-refractivity contribution in [3.63, 3.8) is 0 Å². The maximum absolute atomic E-state index is 9.00. The summed E-state index contributed by atoms with van der Waals surface area (Å²) in [6.07, 6.45) is 0. The van der Waals surface area contributed by atoms with E-state index in [4.69, 9.17) is 4.79 Å². The van der Waals surface area contributed by atoms with Gasteiger partial charge in [-0.15, -0.1) is 0 Å². The van der Waals surface area contributed by atoms with Gasteiger partial charge in [-0.1, -0.05) is 0 Å². The molecule has 0 bridgehead atoms. The van der Waals surface area contributed by atoms with Crippen LogP contribution in [0.25, 0.3) is 0 Å². The van der Waals surface area contributed by atoms with Crippen molar-refractivity contribution in [1.82, 2.24) is 0 Å². The zero-order valence-corrected chi connectivity index (χ0v) is 9.48. The molecule has 0 saturated carbocycles. The number of halogens is 2. The van der Waals surface area contributed by atoms with Crippen LogP contribution in [0.5, 0.6) is 0 Å². The van der Waals surface area contributed by atoms with Crippen molar-refractivity contribution in [2.75, 3.05) is 0 Å². The van der Waals surface area contributed by atoms with E-state index in [9.17, 15) is 0 Å². The summed E-state index contributed by atoms with van der Waals surface area (Å²) in [5, 5.41) is 0. The molecule has 0 atom stereocenters. The number of hydrogen-bond donors (Lipinski definition) is 2. The average Bonchev–Trinajstić information content (AvgIpc) is 0.811. The van der Waals surface area contributed by atoms with Crippen LogP contribution >= 0.6 is 0 Å². The van der Waals surface area contributed by atoms with E-state index in [1.54, 1.807) is 0 Å². The zero-order chi connectivity index (χ0) is 3.58. The van der Waals surface area contributed by atoms with Crippen molar-refractivity contribution in [3.05, 3.63) is 0 Å². The molecule has 0 aromatic carbocycles. The second-order valence-corrected chi connectivity index (χ2v) is 0.402. The van der Waals surface area contributed by atoms with Crippen molar-refractivity contribution in [2.24, 2.45) is 11.5 Å². The van der Waals surface area contributed by atoms with E-state index in [0.29, 0.717) is 0 Å². The molecule has 6 heteroatoms. The normalized spacial score (nSPS) is 3.43. The van der Waals surface area contributed by atoms with Crippen LogP contribution in [0.1, 0.15) is 0 Å². The topological polar surface area (TPSA) is 69.1 Å². The van der Waals surface area contributed by atoms with Gasteiger partial charge in [-0.05, 0) is 0 Å². The minimum atomic E-state index is -0.833. The van der Waals surface area contributed by atoms with Gasteiger partial charge in [-0.3, -0.25) is 0 Å². The van der Waals surface area contributed by atoms with Crippen LogP contribution in [0, 0.1) is 0 Å². The summed E-state index contributed by atoms with van der Waals surface area (Å²) >= 11 is 0. The Morgan fingerprint density at radius 3 is 1.14 bits per heavy atom. The Morgan fingerprint density at radius 1 is 1.14 bits per heavy atom. The molecule has 0 aromatic heterocycles. The van der Waals surface area contributed by atoms with E-state index in [0.717, 1.165) is 0 Å². The van der Waals surface area contributed by atoms with Gasteiger partial charge < -0.3 is 36.3 Å². The third kappa shape index (κ3) is 108. The Labute approximate surface area is 94.5 Å². The quantitative estimate of drug-likeness (QED) is 0.421. The van der Waals surface area contributed by atoms with Crippen LogP contribution in [0.15, 0.2) is 0 Å². The Morgan fingerprint density at radius 2 is 1.14 bits per heavy atom. The van der Waals surface area contributed by atoms with Gasteiger partial charge in [0.25, 0.3) is 0 Å². The van der Waals surface area contributed by atoms with Crippen LogP contribution in [0.2, 0.25) is 0 Å². The largest absolute Gasteiger partial charge is 2.00 e. The summed E-state index contributed by atoms with van der Waals surface area (Å²) in [5.74, 6) is 0. The molecule has 0 aliphatic carbocycles. The first-order valence-electron chi connectivity index (χ1n) is 0.781. The fourth-order valence-corrected chi connectivity index (χ4v) is 0. The second-order valence-electron chi connectivity index (χ2n) is 0.402. The molecule has 4 N–H and O–H groups in total. The number of carbonyl (C=O) groups is 1. The molecular weight excluding hydrogens is 264 g/mol. The van der Waals surface area contributed by atoms with Crippen molar-refractivity contribution in [1.29, 1.82) is 0 Å². The maximum atomic E-state index is 9.00.